The Morgan fingerprint density at radius 1 is 1.20 bits per heavy atom. The number of amides is 1. The van der Waals surface area contributed by atoms with Crippen LogP contribution in [0.1, 0.15) is 20.7 Å². The monoisotopic (exact) mass is 417 g/mol. The second-order valence-corrected chi connectivity index (χ2v) is 7.67. The average Bonchev–Trinajstić information content (AvgIpc) is 2.76. The van der Waals surface area contributed by atoms with Crippen molar-refractivity contribution in [2.24, 2.45) is 0 Å². The van der Waals surface area contributed by atoms with E-state index in [1.165, 1.54) is 22.3 Å². The quantitative estimate of drug-likeness (QED) is 0.810. The summed E-state index contributed by atoms with van der Waals surface area (Å²) in [6, 6.07) is 8.11. The number of para-hydroxylation sites is 1. The number of hydrogen-bond donors (Lipinski definition) is 1. The van der Waals surface area contributed by atoms with Gasteiger partial charge in [-0.2, -0.15) is 0 Å². The molecule has 0 aliphatic heterocycles. The van der Waals surface area contributed by atoms with E-state index >= 15 is 0 Å². The zero-order valence-electron chi connectivity index (χ0n) is 10.3. The van der Waals surface area contributed by atoms with Crippen LogP contribution < -0.4 is 4.90 Å². The van der Waals surface area contributed by atoms with Crippen molar-refractivity contribution in [3.05, 3.63) is 49.0 Å². The maximum absolute atomic E-state index is 12.4. The fourth-order valence-electron chi connectivity index (χ4n) is 1.72. The van der Waals surface area contributed by atoms with Crippen molar-refractivity contribution < 1.29 is 14.7 Å². The molecule has 0 bridgehead atoms. The molecule has 1 aromatic carbocycles. The molecule has 1 heterocycles. The van der Waals surface area contributed by atoms with E-state index in [0.29, 0.717) is 15.0 Å². The van der Waals surface area contributed by atoms with Gasteiger partial charge in [0, 0.05) is 7.05 Å². The third kappa shape index (κ3) is 2.94. The summed E-state index contributed by atoms with van der Waals surface area (Å²) in [4.78, 5) is 25.0. The summed E-state index contributed by atoms with van der Waals surface area (Å²) >= 11 is 8.04. The Kier molecular flexibility index (Phi) is 4.62. The summed E-state index contributed by atoms with van der Waals surface area (Å²) < 4.78 is 1.53. The third-order valence-corrected chi connectivity index (χ3v) is 5.03. The summed E-state index contributed by atoms with van der Waals surface area (Å²) in [6.07, 6.45) is 0. The number of aromatic carboxylic acids is 1. The highest BCUT2D eigenvalue weighted by molar-refractivity contribution is 9.12. The van der Waals surface area contributed by atoms with E-state index in [-0.39, 0.29) is 11.5 Å². The van der Waals surface area contributed by atoms with Crippen molar-refractivity contribution >= 4 is 60.8 Å². The van der Waals surface area contributed by atoms with Gasteiger partial charge in [0.05, 0.1) is 24.4 Å². The molecular weight excluding hydrogens is 410 g/mol. The maximum atomic E-state index is 12.4. The fraction of sp³-hybridized carbons (Fsp3) is 0.0769. The van der Waals surface area contributed by atoms with E-state index in [1.54, 1.807) is 31.3 Å². The summed E-state index contributed by atoms with van der Waals surface area (Å²) in [5, 5.41) is 9.17. The summed E-state index contributed by atoms with van der Waals surface area (Å²) in [7, 11) is 1.56. The smallest absolute Gasteiger partial charge is 0.337 e. The van der Waals surface area contributed by atoms with Crippen LogP contribution in [0.25, 0.3) is 0 Å². The first kappa shape index (κ1) is 15.2. The molecule has 2 rings (SSSR count). The SMILES string of the molecule is CN(C(=O)c1cc(Br)sc1Br)c1ccccc1C(=O)O. The average molecular weight is 419 g/mol. The molecule has 2 aromatic rings. The molecule has 1 amide bonds. The number of carbonyl (C=O) groups is 2. The Labute approximate surface area is 136 Å². The van der Waals surface area contributed by atoms with Crippen molar-refractivity contribution in [3.63, 3.8) is 0 Å². The van der Waals surface area contributed by atoms with Crippen LogP contribution in [0.3, 0.4) is 0 Å². The van der Waals surface area contributed by atoms with Gasteiger partial charge >= 0.3 is 5.97 Å². The number of nitrogens with zero attached hydrogens (tertiary/aromatic N) is 1. The maximum Gasteiger partial charge on any atom is 0.337 e. The number of carboxylic acid groups (broad SMARTS) is 1. The lowest BCUT2D eigenvalue weighted by molar-refractivity contribution is 0.0697. The largest absolute Gasteiger partial charge is 0.478 e. The highest BCUT2D eigenvalue weighted by atomic mass is 79.9. The standard InChI is InChI=1S/C13H9Br2NO3S/c1-16(9-5-3-2-4-7(9)13(18)19)12(17)8-6-10(14)20-11(8)15/h2-6H,1H3,(H,18,19). The van der Waals surface area contributed by atoms with Gasteiger partial charge in [0.25, 0.3) is 5.91 Å². The Balaban J connectivity index is 2.41. The number of hydrogen-bond acceptors (Lipinski definition) is 3. The minimum atomic E-state index is -1.06. The molecule has 0 unspecified atom stereocenters. The molecule has 7 heteroatoms. The lowest BCUT2D eigenvalue weighted by atomic mass is 10.1. The minimum absolute atomic E-state index is 0.0915. The van der Waals surface area contributed by atoms with E-state index in [2.05, 4.69) is 31.9 Å². The van der Waals surface area contributed by atoms with Crippen LogP contribution in [-0.4, -0.2) is 24.0 Å². The predicted octanol–water partition coefficient (Wildman–Crippen LogP) is 4.25. The molecule has 0 spiro atoms. The predicted molar refractivity (Wildman–Crippen MR) is 85.9 cm³/mol. The molecule has 0 radical (unpaired) electrons. The lowest BCUT2D eigenvalue weighted by Gasteiger charge is -2.19. The highest BCUT2D eigenvalue weighted by Crippen LogP contribution is 2.33. The van der Waals surface area contributed by atoms with Gasteiger partial charge in [0.15, 0.2) is 0 Å². The Morgan fingerprint density at radius 3 is 2.40 bits per heavy atom. The first-order valence-electron chi connectivity index (χ1n) is 5.47. The second-order valence-electron chi connectivity index (χ2n) is 3.92. The van der Waals surface area contributed by atoms with Crippen molar-refractivity contribution in [1.82, 2.24) is 0 Å². The van der Waals surface area contributed by atoms with Gasteiger partial charge in [-0.25, -0.2) is 4.79 Å². The molecule has 1 N–H and O–H groups in total. The molecule has 4 nitrogen and oxygen atoms in total. The number of anilines is 1. The van der Waals surface area contributed by atoms with Crippen molar-refractivity contribution in [2.75, 3.05) is 11.9 Å². The number of benzene rings is 1. The molecule has 0 aliphatic carbocycles. The number of carboxylic acids is 1. The number of carbonyl (C=O) groups excluding carboxylic acids is 1. The zero-order chi connectivity index (χ0) is 14.9. The van der Waals surface area contributed by atoms with Gasteiger partial charge in [-0.3, -0.25) is 4.79 Å². The third-order valence-electron chi connectivity index (χ3n) is 2.69. The van der Waals surface area contributed by atoms with Crippen molar-refractivity contribution in [1.29, 1.82) is 0 Å². The van der Waals surface area contributed by atoms with Gasteiger partial charge in [-0.15, -0.1) is 11.3 Å². The van der Waals surface area contributed by atoms with E-state index in [1.807, 2.05) is 0 Å². The molecular formula is C13H9Br2NO3S. The van der Waals surface area contributed by atoms with Crippen LogP contribution in [0.15, 0.2) is 37.9 Å². The number of rotatable bonds is 3. The normalized spacial score (nSPS) is 10.3. The van der Waals surface area contributed by atoms with Gasteiger partial charge < -0.3 is 10.0 Å². The Morgan fingerprint density at radius 2 is 1.85 bits per heavy atom. The van der Waals surface area contributed by atoms with Gasteiger partial charge in [0.2, 0.25) is 0 Å². The highest BCUT2D eigenvalue weighted by Gasteiger charge is 2.22. The van der Waals surface area contributed by atoms with Crippen molar-refractivity contribution in [3.8, 4) is 0 Å². The van der Waals surface area contributed by atoms with Crippen LogP contribution in [0.2, 0.25) is 0 Å². The summed E-state index contributed by atoms with van der Waals surface area (Å²) in [5.74, 6) is -1.33. The van der Waals surface area contributed by atoms with Crippen molar-refractivity contribution in [2.45, 2.75) is 0 Å². The molecule has 0 saturated carbocycles. The molecule has 104 valence electrons. The second kappa shape index (κ2) is 6.07. The Hall–Kier alpha value is -1.18. The first-order valence-corrected chi connectivity index (χ1v) is 7.87. The lowest BCUT2D eigenvalue weighted by Crippen LogP contribution is -2.27. The first-order chi connectivity index (χ1) is 9.41. The Bertz CT molecular complexity index is 684. The van der Waals surface area contributed by atoms with Crippen LogP contribution in [0.4, 0.5) is 5.69 Å². The van der Waals surface area contributed by atoms with Crippen LogP contribution in [0.5, 0.6) is 0 Å². The molecule has 0 fully saturated rings. The molecule has 0 saturated heterocycles. The minimum Gasteiger partial charge on any atom is -0.478 e. The molecule has 0 atom stereocenters. The van der Waals surface area contributed by atoms with E-state index in [9.17, 15) is 14.7 Å². The van der Waals surface area contributed by atoms with Crippen LogP contribution in [0, 0.1) is 0 Å². The van der Waals surface area contributed by atoms with E-state index in [4.69, 9.17) is 0 Å². The summed E-state index contributed by atoms with van der Waals surface area (Å²) in [6.45, 7) is 0. The van der Waals surface area contributed by atoms with Crippen LogP contribution in [-0.2, 0) is 0 Å². The van der Waals surface area contributed by atoms with Gasteiger partial charge in [0.1, 0.15) is 0 Å². The van der Waals surface area contributed by atoms with Gasteiger partial charge in [-0.05, 0) is 50.1 Å². The van der Waals surface area contributed by atoms with Crippen LogP contribution >= 0.6 is 43.2 Å². The topological polar surface area (TPSA) is 57.6 Å². The summed E-state index contributed by atoms with van der Waals surface area (Å²) in [5.41, 5.74) is 0.942. The van der Waals surface area contributed by atoms with E-state index < -0.39 is 5.97 Å². The zero-order valence-corrected chi connectivity index (χ0v) is 14.3. The molecule has 1 aromatic heterocycles. The molecule has 20 heavy (non-hydrogen) atoms. The molecule has 0 aliphatic rings. The number of thiophene rings is 1. The fourth-order valence-corrected chi connectivity index (χ4v) is 4.50. The van der Waals surface area contributed by atoms with Gasteiger partial charge in [-0.1, -0.05) is 12.1 Å². The number of halogens is 2. The van der Waals surface area contributed by atoms with E-state index in [0.717, 1.165) is 3.79 Å².